The van der Waals surface area contributed by atoms with E-state index in [1.54, 1.807) is 18.2 Å². The van der Waals surface area contributed by atoms with Gasteiger partial charge in [0.1, 0.15) is 5.57 Å². The predicted molar refractivity (Wildman–Crippen MR) is 169 cm³/mol. The summed E-state index contributed by atoms with van der Waals surface area (Å²) in [5.74, 6) is -1.18. The van der Waals surface area contributed by atoms with Gasteiger partial charge in [-0.05, 0) is 65.8 Å². The van der Waals surface area contributed by atoms with Crippen LogP contribution in [-0.4, -0.2) is 21.5 Å². The van der Waals surface area contributed by atoms with E-state index in [-0.39, 0.29) is 15.7 Å². The molecule has 0 bridgehead atoms. The number of benzene rings is 4. The lowest BCUT2D eigenvalue weighted by Gasteiger charge is -2.29. The normalized spacial score (nSPS) is 14.4. The molecule has 1 aromatic heterocycles. The molecule has 1 aliphatic heterocycles. The Kier molecular flexibility index (Phi) is 7.28. The Balaban J connectivity index is 1.59. The highest BCUT2D eigenvalue weighted by molar-refractivity contribution is 7.80. The molecule has 1 fully saturated rings. The van der Waals surface area contributed by atoms with Gasteiger partial charge in [0.2, 0.25) is 0 Å². The number of nitrogens with zero attached hydrogens (tertiary/aromatic N) is 2. The Morgan fingerprint density at radius 1 is 0.732 bits per heavy atom. The molecule has 1 saturated heterocycles. The van der Waals surface area contributed by atoms with Gasteiger partial charge in [-0.3, -0.25) is 19.8 Å². The molecule has 1 aliphatic rings. The fourth-order valence-corrected chi connectivity index (χ4v) is 5.66. The van der Waals surface area contributed by atoms with Gasteiger partial charge in [0.25, 0.3) is 11.8 Å². The highest BCUT2D eigenvalue weighted by Crippen LogP contribution is 2.38. The van der Waals surface area contributed by atoms with Crippen molar-refractivity contribution in [2.75, 3.05) is 4.90 Å². The molecule has 5 aromatic rings. The lowest BCUT2D eigenvalue weighted by atomic mass is 10.0. The third-order valence-corrected chi connectivity index (χ3v) is 7.54. The van der Waals surface area contributed by atoms with Crippen molar-refractivity contribution in [1.29, 1.82) is 0 Å². The molecule has 0 unspecified atom stereocenters. The first-order valence-electron chi connectivity index (χ1n) is 12.7. The van der Waals surface area contributed by atoms with Gasteiger partial charge in [0.15, 0.2) is 5.11 Å². The monoisotopic (exact) mass is 593 g/mol. The number of amides is 2. The number of para-hydroxylation sites is 1. The standard InChI is InChI=1S/C33H21Cl2N3O2S/c34-24-16-17-28(27(35)20-24)38-32(40)26(31(39)36-33(38)41)18-23-19-29(21-10-4-1-5-11-21)37(25-14-8-3-9-15-25)30(23)22-12-6-2-7-13-22/h1-20H,(H,36,39,41). The van der Waals surface area contributed by atoms with Gasteiger partial charge < -0.3 is 4.57 Å². The van der Waals surface area contributed by atoms with Crippen LogP contribution in [0, 0.1) is 0 Å². The number of nitrogens with one attached hydrogen (secondary N) is 1. The Morgan fingerprint density at radius 3 is 1.98 bits per heavy atom. The van der Waals surface area contributed by atoms with Crippen molar-refractivity contribution in [2.24, 2.45) is 0 Å². The number of carbonyl (C=O) groups is 2. The molecule has 41 heavy (non-hydrogen) atoms. The summed E-state index contributed by atoms with van der Waals surface area (Å²) >= 11 is 17.9. The van der Waals surface area contributed by atoms with E-state index < -0.39 is 11.8 Å². The topological polar surface area (TPSA) is 54.3 Å². The number of hydrogen-bond donors (Lipinski definition) is 1. The quantitative estimate of drug-likeness (QED) is 0.128. The van der Waals surface area contributed by atoms with Gasteiger partial charge in [-0.2, -0.15) is 0 Å². The van der Waals surface area contributed by atoms with Gasteiger partial charge in [-0.1, -0.05) is 102 Å². The SMILES string of the molecule is O=C1NC(=S)N(c2ccc(Cl)cc2Cl)C(=O)C1=Cc1cc(-c2ccccc2)n(-c2ccccc2)c1-c1ccccc1. The predicted octanol–water partition coefficient (Wildman–Crippen LogP) is 7.95. The molecule has 0 spiro atoms. The third kappa shape index (κ3) is 5.09. The van der Waals surface area contributed by atoms with Crippen LogP contribution in [0.5, 0.6) is 0 Å². The van der Waals surface area contributed by atoms with E-state index in [4.69, 9.17) is 35.4 Å². The minimum atomic E-state index is -0.589. The van der Waals surface area contributed by atoms with E-state index in [0.29, 0.717) is 16.3 Å². The summed E-state index contributed by atoms with van der Waals surface area (Å²) in [6, 6.07) is 36.5. The van der Waals surface area contributed by atoms with Gasteiger partial charge in [-0.15, -0.1) is 0 Å². The molecular formula is C33H21Cl2N3O2S. The molecule has 0 saturated carbocycles. The molecule has 6 rings (SSSR count). The van der Waals surface area contributed by atoms with E-state index in [1.165, 1.54) is 11.0 Å². The minimum Gasteiger partial charge on any atom is -0.309 e. The number of anilines is 1. The lowest BCUT2D eigenvalue weighted by Crippen LogP contribution is -2.54. The van der Waals surface area contributed by atoms with Crippen molar-refractivity contribution < 1.29 is 9.59 Å². The molecule has 200 valence electrons. The molecule has 0 atom stereocenters. The van der Waals surface area contributed by atoms with Gasteiger partial charge in [0, 0.05) is 16.3 Å². The largest absolute Gasteiger partial charge is 0.309 e. The number of thiocarbonyl (C=S) groups is 1. The Morgan fingerprint density at radius 2 is 1.34 bits per heavy atom. The van der Waals surface area contributed by atoms with Crippen molar-refractivity contribution >= 4 is 64.1 Å². The zero-order chi connectivity index (χ0) is 28.5. The fraction of sp³-hybridized carbons (Fsp3) is 0. The van der Waals surface area contributed by atoms with Crippen LogP contribution < -0.4 is 10.2 Å². The summed E-state index contributed by atoms with van der Waals surface area (Å²) in [6.45, 7) is 0. The van der Waals surface area contributed by atoms with Gasteiger partial charge >= 0.3 is 0 Å². The third-order valence-electron chi connectivity index (χ3n) is 6.71. The van der Waals surface area contributed by atoms with Crippen molar-refractivity contribution in [3.63, 3.8) is 0 Å². The van der Waals surface area contributed by atoms with Crippen LogP contribution in [-0.2, 0) is 9.59 Å². The number of aromatic nitrogens is 1. The van der Waals surface area contributed by atoms with Crippen LogP contribution in [0.25, 0.3) is 34.3 Å². The number of rotatable bonds is 5. The average Bonchev–Trinajstić information content (AvgIpc) is 3.37. The van der Waals surface area contributed by atoms with Crippen molar-refractivity contribution in [1.82, 2.24) is 9.88 Å². The van der Waals surface area contributed by atoms with E-state index in [9.17, 15) is 9.59 Å². The van der Waals surface area contributed by atoms with Crippen LogP contribution in [0.15, 0.2) is 121 Å². The van der Waals surface area contributed by atoms with Gasteiger partial charge in [-0.25, -0.2) is 0 Å². The molecule has 2 heterocycles. The number of carbonyl (C=O) groups excluding carboxylic acids is 2. The maximum atomic E-state index is 13.9. The number of halogens is 2. The van der Waals surface area contributed by atoms with Crippen molar-refractivity contribution in [3.8, 4) is 28.2 Å². The molecule has 2 amide bonds. The maximum Gasteiger partial charge on any atom is 0.270 e. The summed E-state index contributed by atoms with van der Waals surface area (Å²) in [7, 11) is 0. The van der Waals surface area contributed by atoms with E-state index in [2.05, 4.69) is 9.88 Å². The Labute approximate surface area is 252 Å². The van der Waals surface area contributed by atoms with Gasteiger partial charge in [0.05, 0.1) is 22.1 Å². The second-order valence-corrected chi connectivity index (χ2v) is 10.5. The summed E-state index contributed by atoms with van der Waals surface area (Å²) in [5, 5.41) is 3.23. The van der Waals surface area contributed by atoms with Crippen LogP contribution >= 0.6 is 35.4 Å². The molecule has 8 heteroatoms. The summed E-state index contributed by atoms with van der Waals surface area (Å²) in [6.07, 6.45) is 1.62. The zero-order valence-corrected chi connectivity index (χ0v) is 23.8. The summed E-state index contributed by atoms with van der Waals surface area (Å²) < 4.78 is 2.14. The Bertz CT molecular complexity index is 1840. The summed E-state index contributed by atoms with van der Waals surface area (Å²) in [5.41, 5.74) is 5.50. The molecule has 0 aliphatic carbocycles. The first kappa shape index (κ1) is 26.7. The second-order valence-electron chi connectivity index (χ2n) is 9.29. The molecule has 4 aromatic carbocycles. The van der Waals surface area contributed by atoms with Crippen LogP contribution in [0.1, 0.15) is 5.56 Å². The average molecular weight is 595 g/mol. The van der Waals surface area contributed by atoms with E-state index in [1.807, 2.05) is 97.1 Å². The summed E-state index contributed by atoms with van der Waals surface area (Å²) in [4.78, 5) is 28.3. The number of hydrogen-bond acceptors (Lipinski definition) is 3. The molecular weight excluding hydrogens is 573 g/mol. The smallest absolute Gasteiger partial charge is 0.270 e. The molecule has 0 radical (unpaired) electrons. The highest BCUT2D eigenvalue weighted by Gasteiger charge is 2.36. The van der Waals surface area contributed by atoms with Crippen LogP contribution in [0.3, 0.4) is 0 Å². The Hall–Kier alpha value is -4.49. The van der Waals surface area contributed by atoms with Crippen molar-refractivity contribution in [2.45, 2.75) is 0 Å². The lowest BCUT2D eigenvalue weighted by molar-refractivity contribution is -0.122. The second kappa shape index (κ2) is 11.2. The highest BCUT2D eigenvalue weighted by atomic mass is 35.5. The molecule has 1 N–H and O–H groups in total. The van der Waals surface area contributed by atoms with Crippen LogP contribution in [0.4, 0.5) is 5.69 Å². The van der Waals surface area contributed by atoms with Crippen LogP contribution in [0.2, 0.25) is 10.0 Å². The van der Waals surface area contributed by atoms with E-state index in [0.717, 1.165) is 28.2 Å². The van der Waals surface area contributed by atoms with E-state index >= 15 is 0 Å². The molecule has 5 nitrogen and oxygen atoms in total. The first-order chi connectivity index (χ1) is 19.9. The maximum absolute atomic E-state index is 13.9. The minimum absolute atomic E-state index is 0.0588. The first-order valence-corrected chi connectivity index (χ1v) is 13.9. The van der Waals surface area contributed by atoms with Crippen molar-refractivity contribution in [3.05, 3.63) is 136 Å². The zero-order valence-electron chi connectivity index (χ0n) is 21.4. The fourth-order valence-electron chi connectivity index (χ4n) is 4.89.